The molecule has 0 heterocycles. The molecule has 1 rings (SSSR count). The molecular weight excluding hydrogens is 235 g/mol. The van der Waals surface area contributed by atoms with Gasteiger partial charge < -0.3 is 10.5 Å². The first-order chi connectivity index (χ1) is 7.82. The highest BCUT2D eigenvalue weighted by Gasteiger charge is 2.30. The quantitative estimate of drug-likeness (QED) is 0.494. The fraction of sp³-hybridized carbons (Fsp3) is 0.182. The molecule has 2 N–H and O–H groups in total. The van der Waals surface area contributed by atoms with E-state index in [1.165, 1.54) is 19.3 Å². The molecule has 0 amide bonds. The molecule has 0 spiro atoms. The molecule has 6 heteroatoms. The maximum Gasteiger partial charge on any atom is 0.416 e. The Balaban J connectivity index is 3.06. The van der Waals surface area contributed by atoms with E-state index in [0.29, 0.717) is 0 Å². The molecule has 0 fully saturated rings. The van der Waals surface area contributed by atoms with Crippen molar-refractivity contribution in [2.45, 2.75) is 6.18 Å². The molecular formula is C11H10F3NO2. The van der Waals surface area contributed by atoms with E-state index in [2.05, 4.69) is 4.74 Å². The summed E-state index contributed by atoms with van der Waals surface area (Å²) < 4.78 is 41.6. The Labute approximate surface area is 95.7 Å². The van der Waals surface area contributed by atoms with Crippen LogP contribution < -0.4 is 5.73 Å². The first-order valence-corrected chi connectivity index (χ1v) is 4.56. The van der Waals surface area contributed by atoms with Crippen molar-refractivity contribution in [1.82, 2.24) is 0 Å². The third-order valence-electron chi connectivity index (χ3n) is 1.92. The number of carbonyl (C=O) groups excluding carboxylic acids is 1. The van der Waals surface area contributed by atoms with Crippen LogP contribution >= 0.6 is 0 Å². The highest BCUT2D eigenvalue weighted by molar-refractivity contribution is 5.87. The predicted octanol–water partition coefficient (Wildman–Crippen LogP) is 2.47. The Kier molecular flexibility index (Phi) is 3.77. The zero-order valence-corrected chi connectivity index (χ0v) is 8.91. The van der Waals surface area contributed by atoms with Crippen molar-refractivity contribution in [3.8, 4) is 0 Å². The lowest BCUT2D eigenvalue weighted by molar-refractivity contribution is -0.137. The molecule has 92 valence electrons. The summed E-state index contributed by atoms with van der Waals surface area (Å²) in [4.78, 5) is 10.8. The fourth-order valence-corrected chi connectivity index (χ4v) is 1.17. The van der Waals surface area contributed by atoms with Crippen molar-refractivity contribution >= 4 is 17.7 Å². The Bertz CT molecular complexity index is 453. The smallest absolute Gasteiger partial charge is 0.416 e. The summed E-state index contributed by atoms with van der Waals surface area (Å²) in [5.74, 6) is -0.652. The molecule has 0 bridgehead atoms. The number of hydrogen-bond acceptors (Lipinski definition) is 3. The molecule has 0 aliphatic carbocycles. The largest absolute Gasteiger partial charge is 0.466 e. The Morgan fingerprint density at radius 1 is 1.35 bits per heavy atom. The standard InChI is InChI=1S/C11H10F3NO2/c1-17-10(16)3-2-7-4-8(11(12,13)14)6-9(15)5-7/h2-6H,15H2,1H3. The summed E-state index contributed by atoms with van der Waals surface area (Å²) in [5, 5.41) is 0. The summed E-state index contributed by atoms with van der Waals surface area (Å²) in [7, 11) is 1.17. The molecule has 3 nitrogen and oxygen atoms in total. The van der Waals surface area contributed by atoms with E-state index in [-0.39, 0.29) is 11.3 Å². The zero-order valence-electron chi connectivity index (χ0n) is 8.91. The Morgan fingerprint density at radius 3 is 2.53 bits per heavy atom. The van der Waals surface area contributed by atoms with Gasteiger partial charge in [0, 0.05) is 11.8 Å². The van der Waals surface area contributed by atoms with Crippen molar-refractivity contribution in [3.63, 3.8) is 0 Å². The van der Waals surface area contributed by atoms with E-state index in [4.69, 9.17) is 5.73 Å². The number of ether oxygens (including phenoxy) is 1. The number of nitrogen functional groups attached to an aromatic ring is 1. The van der Waals surface area contributed by atoms with Gasteiger partial charge in [-0.05, 0) is 29.8 Å². The Hall–Kier alpha value is -1.98. The molecule has 0 saturated heterocycles. The maximum absolute atomic E-state index is 12.4. The summed E-state index contributed by atoms with van der Waals surface area (Å²) in [5.41, 5.74) is 4.64. The number of rotatable bonds is 2. The SMILES string of the molecule is COC(=O)C=Cc1cc(N)cc(C(F)(F)F)c1. The molecule has 0 saturated carbocycles. The predicted molar refractivity (Wildman–Crippen MR) is 56.9 cm³/mol. The number of nitrogens with two attached hydrogens (primary N) is 1. The van der Waals surface area contributed by atoms with Crippen molar-refractivity contribution in [3.05, 3.63) is 35.4 Å². The lowest BCUT2D eigenvalue weighted by Gasteiger charge is -2.08. The third-order valence-corrected chi connectivity index (χ3v) is 1.92. The van der Waals surface area contributed by atoms with Gasteiger partial charge in [0.15, 0.2) is 0 Å². The van der Waals surface area contributed by atoms with Crippen LogP contribution in [0.1, 0.15) is 11.1 Å². The van der Waals surface area contributed by atoms with Crippen LogP contribution in [0.3, 0.4) is 0 Å². The van der Waals surface area contributed by atoms with E-state index >= 15 is 0 Å². The molecule has 17 heavy (non-hydrogen) atoms. The van der Waals surface area contributed by atoms with Crippen LogP contribution in [0.25, 0.3) is 6.08 Å². The van der Waals surface area contributed by atoms with Gasteiger partial charge in [-0.25, -0.2) is 4.79 Å². The third kappa shape index (κ3) is 3.82. The van der Waals surface area contributed by atoms with Gasteiger partial charge in [-0.15, -0.1) is 0 Å². The minimum absolute atomic E-state index is 0.0238. The minimum Gasteiger partial charge on any atom is -0.466 e. The van der Waals surface area contributed by atoms with E-state index in [9.17, 15) is 18.0 Å². The van der Waals surface area contributed by atoms with Crippen molar-refractivity contribution in [2.75, 3.05) is 12.8 Å². The van der Waals surface area contributed by atoms with Crippen LogP contribution in [0.4, 0.5) is 18.9 Å². The van der Waals surface area contributed by atoms with Crippen molar-refractivity contribution in [2.24, 2.45) is 0 Å². The number of hydrogen-bond donors (Lipinski definition) is 1. The summed E-state index contributed by atoms with van der Waals surface area (Å²) >= 11 is 0. The highest BCUT2D eigenvalue weighted by Crippen LogP contribution is 2.31. The molecule has 1 aromatic carbocycles. The number of esters is 1. The second-order valence-electron chi connectivity index (χ2n) is 3.24. The topological polar surface area (TPSA) is 52.3 Å². The summed E-state index contributed by atoms with van der Waals surface area (Å²) in [6, 6.07) is 3.06. The maximum atomic E-state index is 12.4. The number of methoxy groups -OCH3 is 1. The molecule has 0 radical (unpaired) electrons. The van der Waals surface area contributed by atoms with Gasteiger partial charge in [-0.1, -0.05) is 0 Å². The van der Waals surface area contributed by atoms with Crippen LogP contribution in [0.15, 0.2) is 24.3 Å². The van der Waals surface area contributed by atoms with Crippen molar-refractivity contribution < 1.29 is 22.7 Å². The monoisotopic (exact) mass is 245 g/mol. The van der Waals surface area contributed by atoms with E-state index < -0.39 is 17.7 Å². The molecule has 1 aromatic rings. The van der Waals surface area contributed by atoms with Gasteiger partial charge in [0.1, 0.15) is 0 Å². The number of benzene rings is 1. The first-order valence-electron chi connectivity index (χ1n) is 4.56. The van der Waals surface area contributed by atoms with Crippen LogP contribution in [-0.4, -0.2) is 13.1 Å². The van der Waals surface area contributed by atoms with Crippen molar-refractivity contribution in [1.29, 1.82) is 0 Å². The second-order valence-corrected chi connectivity index (χ2v) is 3.24. The minimum atomic E-state index is -4.47. The van der Waals surface area contributed by atoms with E-state index in [0.717, 1.165) is 18.2 Å². The summed E-state index contributed by atoms with van der Waals surface area (Å²) in [6.45, 7) is 0. The first kappa shape index (κ1) is 13.1. The molecule has 0 unspecified atom stereocenters. The van der Waals surface area contributed by atoms with Crippen LogP contribution in [0, 0.1) is 0 Å². The molecule has 0 aliphatic heterocycles. The number of anilines is 1. The lowest BCUT2D eigenvalue weighted by Crippen LogP contribution is -2.06. The second kappa shape index (κ2) is 4.90. The highest BCUT2D eigenvalue weighted by atomic mass is 19.4. The van der Waals surface area contributed by atoms with Crippen LogP contribution in [-0.2, 0) is 15.7 Å². The average Bonchev–Trinajstić information content (AvgIpc) is 2.24. The number of halogens is 3. The molecule has 0 aromatic heterocycles. The van der Waals surface area contributed by atoms with Gasteiger partial charge in [-0.3, -0.25) is 0 Å². The van der Waals surface area contributed by atoms with Gasteiger partial charge in [0.05, 0.1) is 12.7 Å². The van der Waals surface area contributed by atoms with Gasteiger partial charge in [-0.2, -0.15) is 13.2 Å². The normalized spacial score (nSPS) is 11.8. The lowest BCUT2D eigenvalue weighted by atomic mass is 10.1. The zero-order chi connectivity index (χ0) is 13.1. The fourth-order valence-electron chi connectivity index (χ4n) is 1.17. The summed E-state index contributed by atoms with van der Waals surface area (Å²) in [6.07, 6.45) is -2.24. The van der Waals surface area contributed by atoms with E-state index in [1.807, 2.05) is 0 Å². The van der Waals surface area contributed by atoms with Gasteiger partial charge >= 0.3 is 12.1 Å². The van der Waals surface area contributed by atoms with E-state index in [1.54, 1.807) is 0 Å². The number of alkyl halides is 3. The van der Waals surface area contributed by atoms with Gasteiger partial charge in [0.25, 0.3) is 0 Å². The average molecular weight is 245 g/mol. The van der Waals surface area contributed by atoms with Gasteiger partial charge in [0.2, 0.25) is 0 Å². The number of carbonyl (C=O) groups is 1. The molecule has 0 aliphatic rings. The Morgan fingerprint density at radius 2 is 2.00 bits per heavy atom. The van der Waals surface area contributed by atoms with Crippen LogP contribution in [0.5, 0.6) is 0 Å². The van der Waals surface area contributed by atoms with Crippen LogP contribution in [0.2, 0.25) is 0 Å². The molecule has 0 atom stereocenters.